The van der Waals surface area contributed by atoms with Gasteiger partial charge in [0.15, 0.2) is 0 Å². The molecule has 0 aliphatic heterocycles. The molecule has 23 heavy (non-hydrogen) atoms. The lowest BCUT2D eigenvalue weighted by Gasteiger charge is -2.19. The Morgan fingerprint density at radius 3 is 2.09 bits per heavy atom. The molecular formula is C21H27NO. The predicted octanol–water partition coefficient (Wildman–Crippen LogP) is 4.83. The molecule has 0 saturated heterocycles. The highest BCUT2D eigenvalue weighted by atomic mass is 16.5. The number of methoxy groups -OCH3 is 1. The van der Waals surface area contributed by atoms with E-state index < -0.39 is 0 Å². The van der Waals surface area contributed by atoms with Crippen LogP contribution in [0.1, 0.15) is 38.2 Å². The summed E-state index contributed by atoms with van der Waals surface area (Å²) in [5.74, 6) is 0.900. The van der Waals surface area contributed by atoms with E-state index in [4.69, 9.17) is 4.74 Å². The quantitative estimate of drug-likeness (QED) is 0.825. The standard InChI is InChI=1S/C21H27NO/c1-16(22-20-5-3-4-6-20)15-17-7-9-18(10-8-17)19-11-13-21(23-2)14-12-19/h7-14,16,20,22H,3-6,15H2,1-2H3. The van der Waals surface area contributed by atoms with Crippen LogP contribution in [0.4, 0.5) is 0 Å². The van der Waals surface area contributed by atoms with Gasteiger partial charge in [-0.2, -0.15) is 0 Å². The summed E-state index contributed by atoms with van der Waals surface area (Å²) in [5.41, 5.74) is 3.89. The molecule has 0 spiro atoms. The summed E-state index contributed by atoms with van der Waals surface area (Å²) in [5, 5.41) is 3.77. The molecular weight excluding hydrogens is 282 g/mol. The third kappa shape index (κ3) is 4.35. The van der Waals surface area contributed by atoms with Crippen molar-refractivity contribution >= 4 is 0 Å². The first kappa shape index (κ1) is 16.1. The molecule has 2 nitrogen and oxygen atoms in total. The second-order valence-corrected chi connectivity index (χ2v) is 6.68. The Kier molecular flexibility index (Phi) is 5.35. The molecule has 0 aromatic heterocycles. The smallest absolute Gasteiger partial charge is 0.118 e. The number of nitrogens with one attached hydrogen (secondary N) is 1. The van der Waals surface area contributed by atoms with Crippen molar-refractivity contribution in [1.29, 1.82) is 0 Å². The van der Waals surface area contributed by atoms with Crippen LogP contribution in [0.3, 0.4) is 0 Å². The molecule has 1 aliphatic carbocycles. The van der Waals surface area contributed by atoms with Gasteiger partial charge < -0.3 is 10.1 Å². The minimum absolute atomic E-state index is 0.546. The van der Waals surface area contributed by atoms with Crippen LogP contribution in [-0.4, -0.2) is 19.2 Å². The summed E-state index contributed by atoms with van der Waals surface area (Å²) in [4.78, 5) is 0. The van der Waals surface area contributed by atoms with E-state index in [0.29, 0.717) is 6.04 Å². The third-order valence-electron chi connectivity index (χ3n) is 4.79. The molecule has 1 saturated carbocycles. The van der Waals surface area contributed by atoms with E-state index in [0.717, 1.165) is 18.2 Å². The summed E-state index contributed by atoms with van der Waals surface area (Å²) in [6, 6.07) is 18.5. The molecule has 0 bridgehead atoms. The molecule has 1 N–H and O–H groups in total. The molecule has 0 amide bonds. The Morgan fingerprint density at radius 1 is 0.957 bits per heavy atom. The van der Waals surface area contributed by atoms with E-state index >= 15 is 0 Å². The van der Waals surface area contributed by atoms with Crippen molar-refractivity contribution in [3.63, 3.8) is 0 Å². The number of rotatable bonds is 6. The Labute approximate surface area is 139 Å². The number of hydrogen-bond acceptors (Lipinski definition) is 2. The zero-order valence-corrected chi connectivity index (χ0v) is 14.2. The van der Waals surface area contributed by atoms with Gasteiger partial charge in [0.2, 0.25) is 0 Å². The fraction of sp³-hybridized carbons (Fsp3) is 0.429. The maximum Gasteiger partial charge on any atom is 0.118 e. The van der Waals surface area contributed by atoms with Crippen LogP contribution in [0, 0.1) is 0 Å². The maximum absolute atomic E-state index is 5.22. The van der Waals surface area contributed by atoms with Gasteiger partial charge in [0, 0.05) is 12.1 Å². The van der Waals surface area contributed by atoms with Crippen LogP contribution in [0.15, 0.2) is 48.5 Å². The summed E-state index contributed by atoms with van der Waals surface area (Å²) < 4.78 is 5.22. The van der Waals surface area contributed by atoms with E-state index in [2.05, 4.69) is 48.6 Å². The molecule has 3 rings (SSSR count). The average molecular weight is 309 g/mol. The highest BCUT2D eigenvalue weighted by molar-refractivity contribution is 5.64. The van der Waals surface area contributed by atoms with Gasteiger partial charge in [0.25, 0.3) is 0 Å². The van der Waals surface area contributed by atoms with Gasteiger partial charge >= 0.3 is 0 Å². The highest BCUT2D eigenvalue weighted by Crippen LogP contribution is 2.23. The topological polar surface area (TPSA) is 21.3 Å². The maximum atomic E-state index is 5.22. The zero-order valence-electron chi connectivity index (χ0n) is 14.2. The lowest BCUT2D eigenvalue weighted by Crippen LogP contribution is -2.35. The van der Waals surface area contributed by atoms with Crippen LogP contribution in [0.5, 0.6) is 5.75 Å². The van der Waals surface area contributed by atoms with Crippen LogP contribution in [0.25, 0.3) is 11.1 Å². The van der Waals surface area contributed by atoms with Crippen molar-refractivity contribution in [2.45, 2.75) is 51.1 Å². The molecule has 0 radical (unpaired) electrons. The molecule has 2 heteroatoms. The van der Waals surface area contributed by atoms with Crippen molar-refractivity contribution in [3.05, 3.63) is 54.1 Å². The first-order valence-electron chi connectivity index (χ1n) is 8.74. The number of benzene rings is 2. The Morgan fingerprint density at radius 2 is 1.52 bits per heavy atom. The molecule has 1 atom stereocenters. The van der Waals surface area contributed by atoms with Crippen LogP contribution in [0.2, 0.25) is 0 Å². The van der Waals surface area contributed by atoms with Gasteiger partial charge in [0.05, 0.1) is 7.11 Å². The first-order valence-corrected chi connectivity index (χ1v) is 8.74. The number of ether oxygens (including phenoxy) is 1. The summed E-state index contributed by atoms with van der Waals surface area (Å²) in [7, 11) is 1.70. The fourth-order valence-corrected chi connectivity index (χ4v) is 3.52. The molecule has 1 fully saturated rings. The van der Waals surface area contributed by atoms with Gasteiger partial charge in [-0.1, -0.05) is 49.2 Å². The van der Waals surface area contributed by atoms with Crippen molar-refractivity contribution in [3.8, 4) is 16.9 Å². The molecule has 122 valence electrons. The molecule has 2 aromatic carbocycles. The molecule has 1 unspecified atom stereocenters. The van der Waals surface area contributed by atoms with Crippen LogP contribution in [-0.2, 0) is 6.42 Å². The Bertz CT molecular complexity index is 597. The van der Waals surface area contributed by atoms with E-state index in [1.54, 1.807) is 7.11 Å². The van der Waals surface area contributed by atoms with Gasteiger partial charge in [-0.25, -0.2) is 0 Å². The van der Waals surface area contributed by atoms with Crippen molar-refractivity contribution in [2.24, 2.45) is 0 Å². The van der Waals surface area contributed by atoms with E-state index in [1.807, 2.05) is 12.1 Å². The summed E-state index contributed by atoms with van der Waals surface area (Å²) >= 11 is 0. The van der Waals surface area contributed by atoms with Gasteiger partial charge in [-0.3, -0.25) is 0 Å². The van der Waals surface area contributed by atoms with Crippen LogP contribution < -0.4 is 10.1 Å². The van der Waals surface area contributed by atoms with E-state index in [1.165, 1.54) is 42.4 Å². The summed E-state index contributed by atoms with van der Waals surface area (Å²) in [6.07, 6.45) is 6.57. The van der Waals surface area contributed by atoms with Crippen molar-refractivity contribution < 1.29 is 4.74 Å². The average Bonchev–Trinajstić information content (AvgIpc) is 3.08. The second kappa shape index (κ2) is 7.65. The first-order chi connectivity index (χ1) is 11.2. The largest absolute Gasteiger partial charge is 0.497 e. The molecule has 0 heterocycles. The Hall–Kier alpha value is -1.80. The SMILES string of the molecule is COc1ccc(-c2ccc(CC(C)NC3CCCC3)cc2)cc1. The van der Waals surface area contributed by atoms with Crippen LogP contribution >= 0.6 is 0 Å². The van der Waals surface area contributed by atoms with E-state index in [-0.39, 0.29) is 0 Å². The normalized spacial score (nSPS) is 16.4. The van der Waals surface area contributed by atoms with Gasteiger partial charge in [-0.05, 0) is 55.0 Å². The minimum atomic E-state index is 0.546. The van der Waals surface area contributed by atoms with Gasteiger partial charge in [-0.15, -0.1) is 0 Å². The molecule has 1 aliphatic rings. The van der Waals surface area contributed by atoms with Gasteiger partial charge in [0.1, 0.15) is 5.75 Å². The Balaban J connectivity index is 1.59. The minimum Gasteiger partial charge on any atom is -0.497 e. The van der Waals surface area contributed by atoms with Crippen molar-refractivity contribution in [2.75, 3.05) is 7.11 Å². The number of hydrogen-bond donors (Lipinski definition) is 1. The summed E-state index contributed by atoms with van der Waals surface area (Å²) in [6.45, 7) is 2.30. The third-order valence-corrected chi connectivity index (χ3v) is 4.79. The monoisotopic (exact) mass is 309 g/mol. The van der Waals surface area contributed by atoms with Crippen molar-refractivity contribution in [1.82, 2.24) is 5.32 Å². The fourth-order valence-electron chi connectivity index (χ4n) is 3.52. The lowest BCUT2D eigenvalue weighted by molar-refractivity contribution is 0.415. The molecule has 2 aromatic rings. The zero-order chi connectivity index (χ0) is 16.1. The highest BCUT2D eigenvalue weighted by Gasteiger charge is 2.16. The second-order valence-electron chi connectivity index (χ2n) is 6.68. The predicted molar refractivity (Wildman–Crippen MR) is 97.0 cm³/mol. The van der Waals surface area contributed by atoms with E-state index in [9.17, 15) is 0 Å². The lowest BCUT2D eigenvalue weighted by atomic mass is 10.0.